The van der Waals surface area contributed by atoms with Gasteiger partial charge in [0.15, 0.2) is 0 Å². The van der Waals surface area contributed by atoms with E-state index in [2.05, 4.69) is 4.99 Å². The van der Waals surface area contributed by atoms with Gasteiger partial charge in [-0.3, -0.25) is 14.9 Å². The molecule has 0 amide bonds. The molecular weight excluding hydrogens is 530 g/mol. The highest BCUT2D eigenvalue weighted by Crippen LogP contribution is 2.39. The average molecular weight is 546 g/mol. The first-order valence-electron chi connectivity index (χ1n) is 10.3. The second-order valence-corrected chi connectivity index (χ2v) is 9.66. The first-order valence-corrected chi connectivity index (χ1v) is 12.1. The number of anilines is 1. The van der Waals surface area contributed by atoms with Crippen molar-refractivity contribution in [2.45, 2.75) is 11.3 Å². The summed E-state index contributed by atoms with van der Waals surface area (Å²) in [6, 6.07) is 12.6. The van der Waals surface area contributed by atoms with Crippen LogP contribution in [0.5, 0.6) is 11.5 Å². The number of aliphatic imine (C=N–C) groups is 1. The lowest BCUT2D eigenvalue weighted by molar-refractivity contribution is -0.384. The van der Waals surface area contributed by atoms with Crippen molar-refractivity contribution in [3.63, 3.8) is 0 Å². The molecule has 1 aliphatic rings. The quantitative estimate of drug-likeness (QED) is 0.198. The Hall–Kier alpha value is -4.49. The molecule has 0 aromatic heterocycles. The van der Waals surface area contributed by atoms with Crippen LogP contribution in [0.25, 0.3) is 0 Å². The molecule has 0 saturated carbocycles. The lowest BCUT2D eigenvalue weighted by Gasteiger charge is -2.30. The van der Waals surface area contributed by atoms with Crippen molar-refractivity contribution in [1.29, 1.82) is 0 Å². The van der Waals surface area contributed by atoms with Crippen LogP contribution < -0.4 is 13.8 Å². The molecule has 0 spiro atoms. The Morgan fingerprint density at radius 3 is 2.27 bits per heavy atom. The first kappa shape index (κ1) is 25.6. The Morgan fingerprint density at radius 2 is 1.70 bits per heavy atom. The van der Waals surface area contributed by atoms with Gasteiger partial charge in [-0.25, -0.2) is 22.5 Å². The minimum absolute atomic E-state index is 0.000378. The zero-order chi connectivity index (χ0) is 26.9. The van der Waals surface area contributed by atoms with Gasteiger partial charge in [-0.1, -0.05) is 11.6 Å². The molecule has 3 aromatic carbocycles. The molecular formula is C23H16ClN3O9S. The van der Waals surface area contributed by atoms with Crippen LogP contribution in [0.1, 0.15) is 16.8 Å². The van der Waals surface area contributed by atoms with E-state index in [1.165, 1.54) is 43.5 Å². The Balaban J connectivity index is 1.76. The number of non-ortho nitro benzene ring substituents is 1. The van der Waals surface area contributed by atoms with Gasteiger partial charge in [0.25, 0.3) is 15.7 Å². The number of sulfonamides is 1. The van der Waals surface area contributed by atoms with Crippen LogP contribution in [0.2, 0.25) is 5.02 Å². The number of carboxylic acid groups (broad SMARTS) is 1. The van der Waals surface area contributed by atoms with Crippen molar-refractivity contribution in [3.05, 3.63) is 81.4 Å². The molecule has 0 atom stereocenters. The lowest BCUT2D eigenvalue weighted by Crippen LogP contribution is -2.41. The SMILES string of the molecule is COc1ccc(N2C(CC(=O)Oc3ccc([N+](=O)[O-])cc3)=Nc3cc(Cl)c(C(=O)O)cc3S2(=O)=O)cc1. The fourth-order valence-electron chi connectivity index (χ4n) is 3.47. The minimum atomic E-state index is -4.45. The van der Waals surface area contributed by atoms with Crippen molar-refractivity contribution in [1.82, 2.24) is 0 Å². The highest BCUT2D eigenvalue weighted by Gasteiger charge is 2.38. The topological polar surface area (TPSA) is 166 Å². The molecule has 4 rings (SSSR count). The lowest BCUT2D eigenvalue weighted by atomic mass is 10.2. The Bertz CT molecular complexity index is 1550. The Morgan fingerprint density at radius 1 is 1.08 bits per heavy atom. The summed E-state index contributed by atoms with van der Waals surface area (Å²) in [6.07, 6.45) is -0.625. The molecule has 3 aromatic rings. The second kappa shape index (κ2) is 9.87. The molecule has 0 fully saturated rings. The van der Waals surface area contributed by atoms with Crippen LogP contribution in [0.15, 0.2) is 70.6 Å². The summed E-state index contributed by atoms with van der Waals surface area (Å²) in [6.45, 7) is 0. The molecule has 12 nitrogen and oxygen atoms in total. The zero-order valence-corrected chi connectivity index (χ0v) is 20.4. The molecule has 37 heavy (non-hydrogen) atoms. The van der Waals surface area contributed by atoms with Crippen LogP contribution in [0.4, 0.5) is 17.1 Å². The Labute approximate surface area is 214 Å². The maximum Gasteiger partial charge on any atom is 0.337 e. The third kappa shape index (κ3) is 5.08. The fraction of sp³-hybridized carbons (Fsp3) is 0.0870. The van der Waals surface area contributed by atoms with E-state index in [1.54, 1.807) is 0 Å². The molecule has 0 bridgehead atoms. The zero-order valence-electron chi connectivity index (χ0n) is 18.8. The number of amidine groups is 1. The maximum atomic E-state index is 13.7. The van der Waals surface area contributed by atoms with Gasteiger partial charge in [0.1, 0.15) is 28.7 Å². The number of esters is 1. The number of halogens is 1. The largest absolute Gasteiger partial charge is 0.497 e. The van der Waals surface area contributed by atoms with Gasteiger partial charge in [-0.15, -0.1) is 0 Å². The predicted molar refractivity (Wildman–Crippen MR) is 132 cm³/mol. The van der Waals surface area contributed by atoms with E-state index in [-0.39, 0.29) is 33.7 Å². The molecule has 0 aliphatic carbocycles. The number of hydrogen-bond donors (Lipinski definition) is 1. The number of methoxy groups -OCH3 is 1. The van der Waals surface area contributed by atoms with Crippen LogP contribution in [0, 0.1) is 10.1 Å². The van der Waals surface area contributed by atoms with Gasteiger partial charge in [0, 0.05) is 12.1 Å². The predicted octanol–water partition coefficient (Wildman–Crippen LogP) is 4.19. The van der Waals surface area contributed by atoms with Gasteiger partial charge in [-0.05, 0) is 48.5 Å². The standard InChI is InChI=1S/C23H16ClN3O9S/c1-35-15-6-2-13(3-7-15)26-21(12-22(28)36-16-8-4-14(5-9-16)27(31)32)25-19-11-18(24)17(23(29)30)10-20(19)37(26,33)34/h2-11H,12H2,1H3,(H,29,30). The van der Waals surface area contributed by atoms with E-state index >= 15 is 0 Å². The van der Waals surface area contributed by atoms with E-state index in [0.717, 1.165) is 28.6 Å². The number of hydrogen-bond acceptors (Lipinski definition) is 9. The van der Waals surface area contributed by atoms with Crippen molar-refractivity contribution >= 4 is 56.5 Å². The molecule has 1 aliphatic heterocycles. The molecule has 1 heterocycles. The second-order valence-electron chi connectivity index (χ2n) is 7.50. The summed E-state index contributed by atoms with van der Waals surface area (Å²) in [4.78, 5) is 38.3. The first-order chi connectivity index (χ1) is 17.5. The number of nitro groups is 1. The number of nitro benzene ring substituents is 1. The molecule has 0 saturated heterocycles. The van der Waals surface area contributed by atoms with E-state index in [4.69, 9.17) is 21.1 Å². The number of carboxylic acids is 1. The van der Waals surface area contributed by atoms with Crippen LogP contribution >= 0.6 is 11.6 Å². The molecule has 0 radical (unpaired) electrons. The van der Waals surface area contributed by atoms with Crippen LogP contribution in [-0.2, 0) is 14.8 Å². The monoisotopic (exact) mass is 545 g/mol. The highest BCUT2D eigenvalue weighted by molar-refractivity contribution is 7.93. The fourth-order valence-corrected chi connectivity index (χ4v) is 5.32. The summed E-state index contributed by atoms with van der Waals surface area (Å²) in [7, 11) is -3.02. The normalized spacial score (nSPS) is 13.8. The Kier molecular flexibility index (Phi) is 6.83. The summed E-state index contributed by atoms with van der Waals surface area (Å²) in [5.41, 5.74) is -0.699. The average Bonchev–Trinajstić information content (AvgIpc) is 2.83. The van der Waals surface area contributed by atoms with Gasteiger partial charge in [0.05, 0.1) is 34.0 Å². The summed E-state index contributed by atoms with van der Waals surface area (Å²) < 4.78 is 38.4. The summed E-state index contributed by atoms with van der Waals surface area (Å²) >= 11 is 6.02. The van der Waals surface area contributed by atoms with Crippen molar-refractivity contribution in [3.8, 4) is 11.5 Å². The van der Waals surface area contributed by atoms with Gasteiger partial charge >= 0.3 is 11.9 Å². The molecule has 1 N–H and O–H groups in total. The molecule has 14 heteroatoms. The smallest absolute Gasteiger partial charge is 0.337 e. The number of benzene rings is 3. The van der Waals surface area contributed by atoms with E-state index in [0.29, 0.717) is 5.75 Å². The number of carbonyl (C=O) groups excluding carboxylic acids is 1. The minimum Gasteiger partial charge on any atom is -0.497 e. The van der Waals surface area contributed by atoms with E-state index in [1.807, 2.05) is 0 Å². The van der Waals surface area contributed by atoms with Crippen molar-refractivity contribution < 1.29 is 37.5 Å². The number of rotatable bonds is 7. The van der Waals surface area contributed by atoms with Crippen molar-refractivity contribution in [2.24, 2.45) is 4.99 Å². The number of carbonyl (C=O) groups is 2. The number of nitrogens with zero attached hydrogens (tertiary/aromatic N) is 3. The third-order valence-electron chi connectivity index (χ3n) is 5.17. The summed E-state index contributed by atoms with van der Waals surface area (Å²) in [5, 5.41) is 20.0. The number of ether oxygens (including phenoxy) is 2. The number of fused-ring (bicyclic) bond motifs is 1. The van der Waals surface area contributed by atoms with E-state index in [9.17, 15) is 33.2 Å². The van der Waals surface area contributed by atoms with E-state index < -0.39 is 43.8 Å². The van der Waals surface area contributed by atoms with Crippen molar-refractivity contribution in [2.75, 3.05) is 11.4 Å². The van der Waals surface area contributed by atoms with Crippen LogP contribution in [-0.4, -0.2) is 43.3 Å². The third-order valence-corrected chi connectivity index (χ3v) is 7.27. The molecule has 190 valence electrons. The maximum absolute atomic E-state index is 13.7. The van der Waals surface area contributed by atoms with Gasteiger partial charge in [-0.2, -0.15) is 0 Å². The van der Waals surface area contributed by atoms with Gasteiger partial charge in [0.2, 0.25) is 0 Å². The summed E-state index contributed by atoms with van der Waals surface area (Å²) in [5.74, 6) is -2.14. The van der Waals surface area contributed by atoms with Crippen LogP contribution in [0.3, 0.4) is 0 Å². The molecule has 0 unspecified atom stereocenters. The highest BCUT2D eigenvalue weighted by atomic mass is 35.5. The van der Waals surface area contributed by atoms with Gasteiger partial charge < -0.3 is 14.6 Å². The number of aromatic carboxylic acids is 1.